The zero-order valence-corrected chi connectivity index (χ0v) is 10.1. The van der Waals surface area contributed by atoms with Crippen LogP contribution >= 0.6 is 0 Å². The third kappa shape index (κ3) is 3.17. The summed E-state index contributed by atoms with van der Waals surface area (Å²) in [5.41, 5.74) is -0.557. The molecule has 2 fully saturated rings. The number of aliphatic hydroxyl groups excluding tert-OH is 1. The first-order chi connectivity index (χ1) is 7.57. The molecule has 3 unspecified atom stereocenters. The van der Waals surface area contributed by atoms with Gasteiger partial charge in [-0.1, -0.05) is 0 Å². The molecule has 2 heterocycles. The maximum atomic E-state index is 10.0. The van der Waals surface area contributed by atoms with Crippen molar-refractivity contribution in [2.45, 2.75) is 37.9 Å². The average molecular weight is 229 g/mol. The molecule has 0 aromatic heterocycles. The van der Waals surface area contributed by atoms with E-state index in [4.69, 9.17) is 4.74 Å². The van der Waals surface area contributed by atoms with Crippen LogP contribution in [0.2, 0.25) is 0 Å². The van der Waals surface area contributed by atoms with E-state index in [2.05, 4.69) is 4.90 Å². The smallest absolute Gasteiger partial charge is 0.0746 e. The minimum absolute atomic E-state index is 0.211. The summed E-state index contributed by atoms with van der Waals surface area (Å²) in [5.74, 6) is 0.211. The van der Waals surface area contributed by atoms with E-state index in [1.165, 1.54) is 0 Å². The fourth-order valence-corrected chi connectivity index (χ4v) is 2.77. The number of hydrogen-bond donors (Lipinski definition) is 2. The van der Waals surface area contributed by atoms with Crippen molar-refractivity contribution < 1.29 is 14.9 Å². The van der Waals surface area contributed by atoms with E-state index in [0.29, 0.717) is 13.2 Å². The molecule has 0 aliphatic carbocycles. The third-order valence-electron chi connectivity index (χ3n) is 3.68. The summed E-state index contributed by atoms with van der Waals surface area (Å²) in [5, 5.41) is 19.9. The van der Waals surface area contributed by atoms with Crippen LogP contribution in [0.25, 0.3) is 0 Å². The predicted molar refractivity (Wildman–Crippen MR) is 61.2 cm³/mol. The lowest BCUT2D eigenvalue weighted by Crippen LogP contribution is -2.50. The number of hydrogen-bond acceptors (Lipinski definition) is 4. The summed E-state index contributed by atoms with van der Waals surface area (Å²) in [6.45, 7) is 5.81. The lowest BCUT2D eigenvalue weighted by atomic mass is 9.92. The van der Waals surface area contributed by atoms with Gasteiger partial charge in [0.15, 0.2) is 0 Å². The van der Waals surface area contributed by atoms with Gasteiger partial charge >= 0.3 is 0 Å². The van der Waals surface area contributed by atoms with Gasteiger partial charge < -0.3 is 19.8 Å². The minimum atomic E-state index is -0.557. The second kappa shape index (κ2) is 5.00. The topological polar surface area (TPSA) is 52.9 Å². The van der Waals surface area contributed by atoms with Gasteiger partial charge in [-0.25, -0.2) is 0 Å². The van der Waals surface area contributed by atoms with Gasteiger partial charge in [0.25, 0.3) is 0 Å². The zero-order valence-electron chi connectivity index (χ0n) is 10.1. The number of rotatable bonds is 2. The fraction of sp³-hybridized carbons (Fsp3) is 1.00. The molecule has 0 saturated carbocycles. The summed E-state index contributed by atoms with van der Waals surface area (Å²) >= 11 is 0. The van der Waals surface area contributed by atoms with E-state index < -0.39 is 5.60 Å². The molecule has 4 heteroatoms. The summed E-state index contributed by atoms with van der Waals surface area (Å²) in [7, 11) is 0. The van der Waals surface area contributed by atoms with Crippen LogP contribution in [0.1, 0.15) is 26.2 Å². The SMILES string of the molecule is CC1(O)CCCN(CC2COCCC2O)C1. The first-order valence-electron chi connectivity index (χ1n) is 6.27. The zero-order chi connectivity index (χ0) is 11.6. The lowest BCUT2D eigenvalue weighted by molar-refractivity contribution is -0.0669. The maximum Gasteiger partial charge on any atom is 0.0746 e. The Bertz CT molecular complexity index is 232. The van der Waals surface area contributed by atoms with E-state index in [1.807, 2.05) is 6.92 Å². The highest BCUT2D eigenvalue weighted by Gasteiger charge is 2.32. The molecule has 0 aromatic rings. The standard InChI is InChI=1S/C12H23NO3/c1-12(15)4-2-5-13(9-12)7-10-8-16-6-3-11(10)14/h10-11,14-15H,2-9H2,1H3. The van der Waals surface area contributed by atoms with Gasteiger partial charge in [0.05, 0.1) is 18.3 Å². The lowest BCUT2D eigenvalue weighted by Gasteiger charge is -2.40. The van der Waals surface area contributed by atoms with Crippen LogP contribution in [0.15, 0.2) is 0 Å². The van der Waals surface area contributed by atoms with Gasteiger partial charge in [0.2, 0.25) is 0 Å². The van der Waals surface area contributed by atoms with Crippen molar-refractivity contribution in [3.63, 3.8) is 0 Å². The van der Waals surface area contributed by atoms with Gasteiger partial charge in [-0.15, -0.1) is 0 Å². The van der Waals surface area contributed by atoms with Crippen molar-refractivity contribution in [2.75, 3.05) is 32.8 Å². The molecule has 4 nitrogen and oxygen atoms in total. The average Bonchev–Trinajstić information content (AvgIpc) is 2.20. The van der Waals surface area contributed by atoms with Crippen LogP contribution in [0, 0.1) is 5.92 Å². The Morgan fingerprint density at radius 2 is 2.31 bits per heavy atom. The van der Waals surface area contributed by atoms with Crippen molar-refractivity contribution >= 4 is 0 Å². The molecule has 94 valence electrons. The van der Waals surface area contributed by atoms with Crippen molar-refractivity contribution in [3.8, 4) is 0 Å². The van der Waals surface area contributed by atoms with Gasteiger partial charge in [-0.2, -0.15) is 0 Å². The van der Waals surface area contributed by atoms with E-state index in [0.717, 1.165) is 38.9 Å². The molecule has 2 N–H and O–H groups in total. The number of ether oxygens (including phenoxy) is 1. The second-order valence-electron chi connectivity index (χ2n) is 5.53. The van der Waals surface area contributed by atoms with E-state index in [1.54, 1.807) is 0 Å². The van der Waals surface area contributed by atoms with Crippen LogP contribution in [0.5, 0.6) is 0 Å². The molecule has 2 rings (SSSR count). The Balaban J connectivity index is 1.84. The number of β-amino-alcohol motifs (C(OH)–C–C–N with tert-alkyl or cyclic N) is 1. The second-order valence-corrected chi connectivity index (χ2v) is 5.53. The molecule has 0 bridgehead atoms. The summed E-state index contributed by atoms with van der Waals surface area (Å²) in [6, 6.07) is 0. The third-order valence-corrected chi connectivity index (χ3v) is 3.68. The molecule has 2 aliphatic rings. The van der Waals surface area contributed by atoms with Crippen LogP contribution < -0.4 is 0 Å². The number of aliphatic hydroxyl groups is 2. The predicted octanol–water partition coefficient (Wildman–Crippen LogP) is 0.231. The van der Waals surface area contributed by atoms with Crippen LogP contribution in [0.3, 0.4) is 0 Å². The van der Waals surface area contributed by atoms with Gasteiger partial charge in [0.1, 0.15) is 0 Å². The summed E-state index contributed by atoms with van der Waals surface area (Å²) in [4.78, 5) is 2.26. The Kier molecular flexibility index (Phi) is 3.85. The first-order valence-corrected chi connectivity index (χ1v) is 6.27. The van der Waals surface area contributed by atoms with Gasteiger partial charge in [0, 0.05) is 25.6 Å². The van der Waals surface area contributed by atoms with Gasteiger partial charge in [-0.05, 0) is 32.7 Å². The Morgan fingerprint density at radius 3 is 3.00 bits per heavy atom. The molecule has 3 atom stereocenters. The molecular weight excluding hydrogens is 206 g/mol. The first kappa shape index (κ1) is 12.3. The monoisotopic (exact) mass is 229 g/mol. The van der Waals surface area contributed by atoms with E-state index >= 15 is 0 Å². The molecular formula is C12H23NO3. The summed E-state index contributed by atoms with van der Waals surface area (Å²) in [6.07, 6.45) is 2.43. The van der Waals surface area contributed by atoms with E-state index in [-0.39, 0.29) is 12.0 Å². The number of likely N-dealkylation sites (tertiary alicyclic amines) is 1. The molecule has 0 radical (unpaired) electrons. The molecule has 0 aromatic carbocycles. The highest BCUT2D eigenvalue weighted by molar-refractivity contribution is 4.85. The number of nitrogens with zero attached hydrogens (tertiary/aromatic N) is 1. The molecule has 16 heavy (non-hydrogen) atoms. The van der Waals surface area contributed by atoms with Crippen LogP contribution in [-0.2, 0) is 4.74 Å². The van der Waals surface area contributed by atoms with Crippen LogP contribution in [-0.4, -0.2) is 59.7 Å². The Morgan fingerprint density at radius 1 is 1.50 bits per heavy atom. The van der Waals surface area contributed by atoms with Gasteiger partial charge in [-0.3, -0.25) is 0 Å². The molecule has 2 aliphatic heterocycles. The Hall–Kier alpha value is -0.160. The maximum absolute atomic E-state index is 10.0. The summed E-state index contributed by atoms with van der Waals surface area (Å²) < 4.78 is 5.40. The highest BCUT2D eigenvalue weighted by Crippen LogP contribution is 2.23. The fourth-order valence-electron chi connectivity index (χ4n) is 2.77. The van der Waals surface area contributed by atoms with Crippen LogP contribution in [0.4, 0.5) is 0 Å². The molecule has 0 spiro atoms. The molecule has 2 saturated heterocycles. The molecule has 0 amide bonds. The Labute approximate surface area is 97.2 Å². The van der Waals surface area contributed by atoms with Crippen molar-refractivity contribution in [2.24, 2.45) is 5.92 Å². The quantitative estimate of drug-likeness (QED) is 0.712. The highest BCUT2D eigenvalue weighted by atomic mass is 16.5. The number of piperidine rings is 1. The van der Waals surface area contributed by atoms with Crippen molar-refractivity contribution in [3.05, 3.63) is 0 Å². The van der Waals surface area contributed by atoms with Crippen molar-refractivity contribution in [1.82, 2.24) is 4.90 Å². The van der Waals surface area contributed by atoms with E-state index in [9.17, 15) is 10.2 Å². The normalized spacial score (nSPS) is 42.2. The largest absolute Gasteiger partial charge is 0.393 e. The minimum Gasteiger partial charge on any atom is -0.393 e. The van der Waals surface area contributed by atoms with Crippen molar-refractivity contribution in [1.29, 1.82) is 0 Å².